The molecule has 1 saturated heterocycles. The van der Waals surface area contributed by atoms with Gasteiger partial charge in [0.05, 0.1) is 6.61 Å². The molecule has 2 rings (SSSR count). The van der Waals surface area contributed by atoms with Crippen LogP contribution in [0.2, 0.25) is 0 Å². The average molecular weight is 248 g/mol. The van der Waals surface area contributed by atoms with E-state index in [0.717, 1.165) is 18.7 Å². The topological polar surface area (TPSA) is 50.4 Å². The zero-order chi connectivity index (χ0) is 12.8. The summed E-state index contributed by atoms with van der Waals surface area (Å²) in [6, 6.07) is 8.15. The Hall–Kier alpha value is -1.39. The SMILES string of the molecule is Cc1ccc(NC(=O)COC[C@@H]2CCCN2)cc1. The third-order valence-corrected chi connectivity index (χ3v) is 3.05. The first-order chi connectivity index (χ1) is 8.74. The van der Waals surface area contributed by atoms with Gasteiger partial charge in [0, 0.05) is 11.7 Å². The van der Waals surface area contributed by atoms with E-state index < -0.39 is 0 Å². The van der Waals surface area contributed by atoms with Crippen LogP contribution in [0.4, 0.5) is 5.69 Å². The number of carbonyl (C=O) groups is 1. The summed E-state index contributed by atoms with van der Waals surface area (Å²) in [5.74, 6) is -0.100. The minimum Gasteiger partial charge on any atom is -0.370 e. The van der Waals surface area contributed by atoms with Crippen LogP contribution in [-0.4, -0.2) is 31.7 Å². The Kier molecular flexibility index (Phi) is 4.73. The third-order valence-electron chi connectivity index (χ3n) is 3.05. The molecule has 0 bridgehead atoms. The van der Waals surface area contributed by atoms with E-state index in [1.807, 2.05) is 31.2 Å². The zero-order valence-corrected chi connectivity index (χ0v) is 10.7. The van der Waals surface area contributed by atoms with Crippen molar-refractivity contribution in [2.45, 2.75) is 25.8 Å². The summed E-state index contributed by atoms with van der Waals surface area (Å²) >= 11 is 0. The lowest BCUT2D eigenvalue weighted by Crippen LogP contribution is -2.29. The van der Waals surface area contributed by atoms with Gasteiger partial charge < -0.3 is 15.4 Å². The van der Waals surface area contributed by atoms with E-state index >= 15 is 0 Å². The van der Waals surface area contributed by atoms with E-state index in [0.29, 0.717) is 12.6 Å². The monoisotopic (exact) mass is 248 g/mol. The number of hydrogen-bond donors (Lipinski definition) is 2. The molecule has 1 fully saturated rings. The molecule has 4 nitrogen and oxygen atoms in total. The van der Waals surface area contributed by atoms with E-state index in [2.05, 4.69) is 10.6 Å². The maximum Gasteiger partial charge on any atom is 0.250 e. The minimum atomic E-state index is -0.100. The number of anilines is 1. The van der Waals surface area contributed by atoms with Gasteiger partial charge in [-0.2, -0.15) is 0 Å². The summed E-state index contributed by atoms with van der Waals surface area (Å²) in [6.07, 6.45) is 2.34. The largest absolute Gasteiger partial charge is 0.370 e. The molecule has 98 valence electrons. The Morgan fingerprint density at radius 3 is 2.89 bits per heavy atom. The highest BCUT2D eigenvalue weighted by Gasteiger charge is 2.14. The van der Waals surface area contributed by atoms with Crippen LogP contribution in [0.5, 0.6) is 0 Å². The molecule has 1 aromatic carbocycles. The van der Waals surface area contributed by atoms with Gasteiger partial charge >= 0.3 is 0 Å². The van der Waals surface area contributed by atoms with E-state index in [1.165, 1.54) is 12.0 Å². The van der Waals surface area contributed by atoms with Gasteiger partial charge in [0.15, 0.2) is 0 Å². The van der Waals surface area contributed by atoms with Crippen LogP contribution >= 0.6 is 0 Å². The Morgan fingerprint density at radius 1 is 1.44 bits per heavy atom. The first kappa shape index (κ1) is 13.1. The van der Waals surface area contributed by atoms with E-state index in [9.17, 15) is 4.79 Å². The Bertz CT molecular complexity index is 383. The zero-order valence-electron chi connectivity index (χ0n) is 10.7. The highest BCUT2D eigenvalue weighted by molar-refractivity contribution is 5.91. The van der Waals surface area contributed by atoms with Gasteiger partial charge in [-0.3, -0.25) is 4.79 Å². The number of ether oxygens (including phenoxy) is 1. The molecule has 1 atom stereocenters. The van der Waals surface area contributed by atoms with Crippen molar-refractivity contribution in [3.8, 4) is 0 Å². The molecule has 4 heteroatoms. The lowest BCUT2D eigenvalue weighted by atomic mass is 10.2. The fourth-order valence-corrected chi connectivity index (χ4v) is 2.03. The number of rotatable bonds is 5. The van der Waals surface area contributed by atoms with Gasteiger partial charge in [0.1, 0.15) is 6.61 Å². The van der Waals surface area contributed by atoms with Crippen LogP contribution in [0.3, 0.4) is 0 Å². The summed E-state index contributed by atoms with van der Waals surface area (Å²) in [5, 5.41) is 6.14. The number of hydrogen-bond acceptors (Lipinski definition) is 3. The average Bonchev–Trinajstić information content (AvgIpc) is 2.85. The fourth-order valence-electron chi connectivity index (χ4n) is 2.03. The van der Waals surface area contributed by atoms with Gasteiger partial charge in [0.25, 0.3) is 0 Å². The van der Waals surface area contributed by atoms with Crippen LogP contribution < -0.4 is 10.6 Å². The number of carbonyl (C=O) groups excluding carboxylic acids is 1. The first-order valence-corrected chi connectivity index (χ1v) is 6.42. The summed E-state index contributed by atoms with van der Waals surface area (Å²) in [5.41, 5.74) is 1.99. The number of aryl methyl sites for hydroxylation is 1. The van der Waals surface area contributed by atoms with Crippen LogP contribution in [0.15, 0.2) is 24.3 Å². The molecule has 0 aliphatic carbocycles. The predicted octanol–water partition coefficient (Wildman–Crippen LogP) is 1.70. The molecule has 0 aromatic heterocycles. The molecule has 1 amide bonds. The molecule has 0 unspecified atom stereocenters. The van der Waals surface area contributed by atoms with Crippen molar-refractivity contribution in [2.75, 3.05) is 25.1 Å². The molecular weight excluding hydrogens is 228 g/mol. The summed E-state index contributed by atoms with van der Waals surface area (Å²) in [6.45, 7) is 3.81. The molecule has 2 N–H and O–H groups in total. The smallest absolute Gasteiger partial charge is 0.250 e. The molecule has 0 spiro atoms. The van der Waals surface area contributed by atoms with Crippen molar-refractivity contribution < 1.29 is 9.53 Å². The van der Waals surface area contributed by atoms with Crippen LogP contribution in [0, 0.1) is 6.92 Å². The third kappa shape index (κ3) is 4.13. The van der Waals surface area contributed by atoms with Crippen LogP contribution in [0.1, 0.15) is 18.4 Å². The molecule has 1 aliphatic rings. The van der Waals surface area contributed by atoms with Crippen LogP contribution in [0.25, 0.3) is 0 Å². The highest BCUT2D eigenvalue weighted by Crippen LogP contribution is 2.08. The number of benzene rings is 1. The Labute approximate surface area is 108 Å². The van der Waals surface area contributed by atoms with Gasteiger partial charge in [0.2, 0.25) is 5.91 Å². The highest BCUT2D eigenvalue weighted by atomic mass is 16.5. The quantitative estimate of drug-likeness (QED) is 0.834. The second-order valence-electron chi connectivity index (χ2n) is 4.72. The van der Waals surface area contributed by atoms with E-state index in [-0.39, 0.29) is 12.5 Å². The van der Waals surface area contributed by atoms with Gasteiger partial charge in [-0.15, -0.1) is 0 Å². The summed E-state index contributed by atoms with van der Waals surface area (Å²) in [7, 11) is 0. The molecule has 1 aliphatic heterocycles. The van der Waals surface area contributed by atoms with Crippen LogP contribution in [-0.2, 0) is 9.53 Å². The van der Waals surface area contributed by atoms with Gasteiger partial charge in [-0.1, -0.05) is 17.7 Å². The molecule has 1 aromatic rings. The summed E-state index contributed by atoms with van der Waals surface area (Å²) < 4.78 is 5.40. The number of amides is 1. The van der Waals surface area contributed by atoms with Crippen molar-refractivity contribution >= 4 is 11.6 Å². The second-order valence-corrected chi connectivity index (χ2v) is 4.72. The lowest BCUT2D eigenvalue weighted by Gasteiger charge is -2.11. The molecule has 18 heavy (non-hydrogen) atoms. The molecule has 0 saturated carbocycles. The standard InChI is InChI=1S/C14H20N2O2/c1-11-4-6-12(7-5-11)16-14(17)10-18-9-13-3-2-8-15-13/h4-7,13,15H,2-3,8-10H2,1H3,(H,16,17)/t13-/m0/s1. The lowest BCUT2D eigenvalue weighted by molar-refractivity contribution is -0.120. The minimum absolute atomic E-state index is 0.100. The molecule has 0 radical (unpaired) electrons. The van der Waals surface area contributed by atoms with E-state index in [4.69, 9.17) is 4.74 Å². The van der Waals surface area contributed by atoms with E-state index in [1.54, 1.807) is 0 Å². The van der Waals surface area contributed by atoms with Gasteiger partial charge in [-0.25, -0.2) is 0 Å². The summed E-state index contributed by atoms with van der Waals surface area (Å²) in [4.78, 5) is 11.6. The second kappa shape index (κ2) is 6.52. The normalized spacial score (nSPS) is 18.8. The molecule has 1 heterocycles. The predicted molar refractivity (Wildman–Crippen MR) is 71.7 cm³/mol. The number of nitrogens with one attached hydrogen (secondary N) is 2. The van der Waals surface area contributed by atoms with Crippen molar-refractivity contribution in [1.82, 2.24) is 5.32 Å². The van der Waals surface area contributed by atoms with Crippen molar-refractivity contribution in [1.29, 1.82) is 0 Å². The Balaban J connectivity index is 1.66. The fraction of sp³-hybridized carbons (Fsp3) is 0.500. The first-order valence-electron chi connectivity index (χ1n) is 6.42. The molecular formula is C14H20N2O2. The maximum atomic E-state index is 11.6. The van der Waals surface area contributed by atoms with Crippen molar-refractivity contribution in [3.63, 3.8) is 0 Å². The Morgan fingerprint density at radius 2 is 2.22 bits per heavy atom. The maximum absolute atomic E-state index is 11.6. The van der Waals surface area contributed by atoms with Crippen molar-refractivity contribution in [2.24, 2.45) is 0 Å². The van der Waals surface area contributed by atoms with Crippen molar-refractivity contribution in [3.05, 3.63) is 29.8 Å². The van der Waals surface area contributed by atoms with Gasteiger partial charge in [-0.05, 0) is 38.4 Å².